The number of aromatic nitrogens is 1. The van der Waals surface area contributed by atoms with Crippen molar-refractivity contribution in [2.24, 2.45) is 4.99 Å². The minimum absolute atomic E-state index is 0. The van der Waals surface area contributed by atoms with E-state index in [4.69, 9.17) is 4.42 Å². The molecule has 0 amide bonds. The van der Waals surface area contributed by atoms with E-state index in [1.54, 1.807) is 11.3 Å². The minimum atomic E-state index is 0. The summed E-state index contributed by atoms with van der Waals surface area (Å²) < 4.78 is 5.82. The van der Waals surface area contributed by atoms with Gasteiger partial charge in [0.25, 0.3) is 0 Å². The molecule has 3 aromatic rings. The maximum Gasteiger partial charge on any atom is 0.192 e. The number of fused-ring (bicyclic) bond motifs is 1. The summed E-state index contributed by atoms with van der Waals surface area (Å²) in [6.45, 7) is 8.35. The van der Waals surface area contributed by atoms with E-state index in [1.165, 1.54) is 0 Å². The average Bonchev–Trinajstić information content (AvgIpc) is 3.23. The van der Waals surface area contributed by atoms with Crippen LogP contribution in [0, 0.1) is 0 Å². The zero-order valence-corrected chi connectivity index (χ0v) is 18.4. The summed E-state index contributed by atoms with van der Waals surface area (Å²) in [6, 6.07) is 10.0. The first-order chi connectivity index (χ1) is 12.2. The second kappa shape index (κ2) is 9.91. The van der Waals surface area contributed by atoms with E-state index >= 15 is 0 Å². The molecule has 1 aromatic carbocycles. The third-order valence-electron chi connectivity index (χ3n) is 3.78. The number of nitrogens with one attached hydrogen (secondary N) is 2. The summed E-state index contributed by atoms with van der Waals surface area (Å²) in [7, 11) is 0. The highest BCUT2D eigenvalue weighted by atomic mass is 127. The van der Waals surface area contributed by atoms with Crippen molar-refractivity contribution in [1.82, 2.24) is 15.6 Å². The number of guanidine groups is 1. The van der Waals surface area contributed by atoms with E-state index in [2.05, 4.69) is 46.8 Å². The maximum absolute atomic E-state index is 5.82. The molecule has 0 atom stereocenters. The summed E-state index contributed by atoms with van der Waals surface area (Å²) in [4.78, 5) is 9.26. The molecule has 0 fully saturated rings. The van der Waals surface area contributed by atoms with E-state index < -0.39 is 0 Å². The number of furan rings is 1. The number of rotatable bonds is 6. The van der Waals surface area contributed by atoms with Crippen LogP contribution in [-0.2, 0) is 13.1 Å². The third-order valence-corrected chi connectivity index (χ3v) is 4.65. The molecular weight excluding hydrogens is 459 g/mol. The van der Waals surface area contributed by atoms with Crippen molar-refractivity contribution in [3.63, 3.8) is 0 Å². The SMILES string of the molecule is CCNC(=NCc1cc2ccccc2o1)NCc1nc(C(C)C)cs1.I. The van der Waals surface area contributed by atoms with Crippen molar-refractivity contribution in [3.05, 3.63) is 52.2 Å². The van der Waals surface area contributed by atoms with Crippen LogP contribution in [-0.4, -0.2) is 17.5 Å². The summed E-state index contributed by atoms with van der Waals surface area (Å²) >= 11 is 1.68. The van der Waals surface area contributed by atoms with Crippen molar-refractivity contribution in [2.45, 2.75) is 39.8 Å². The lowest BCUT2D eigenvalue weighted by molar-refractivity contribution is 0.551. The Labute approximate surface area is 175 Å². The van der Waals surface area contributed by atoms with Gasteiger partial charge in [-0.15, -0.1) is 35.3 Å². The lowest BCUT2D eigenvalue weighted by Crippen LogP contribution is -2.36. The highest BCUT2D eigenvalue weighted by molar-refractivity contribution is 14.0. The molecule has 0 spiro atoms. The number of nitrogens with zero attached hydrogens (tertiary/aromatic N) is 2. The zero-order valence-electron chi connectivity index (χ0n) is 15.3. The van der Waals surface area contributed by atoms with Gasteiger partial charge in [0.1, 0.15) is 22.9 Å². The number of hydrogen-bond acceptors (Lipinski definition) is 4. The van der Waals surface area contributed by atoms with Gasteiger partial charge in [-0.25, -0.2) is 9.98 Å². The maximum atomic E-state index is 5.82. The van der Waals surface area contributed by atoms with Crippen LogP contribution in [0.5, 0.6) is 0 Å². The van der Waals surface area contributed by atoms with E-state index in [0.29, 0.717) is 19.0 Å². The molecule has 0 radical (unpaired) electrons. The highest BCUT2D eigenvalue weighted by Gasteiger charge is 2.07. The zero-order chi connectivity index (χ0) is 17.6. The fourth-order valence-corrected chi connectivity index (χ4v) is 3.34. The molecule has 2 N–H and O–H groups in total. The van der Waals surface area contributed by atoms with Crippen LogP contribution in [0.1, 0.15) is 43.2 Å². The van der Waals surface area contributed by atoms with Crippen LogP contribution in [0.4, 0.5) is 0 Å². The first-order valence-electron chi connectivity index (χ1n) is 8.59. The quantitative estimate of drug-likeness (QED) is 0.297. The fourth-order valence-electron chi connectivity index (χ4n) is 2.44. The second-order valence-corrected chi connectivity index (χ2v) is 7.06. The fraction of sp³-hybridized carbons (Fsp3) is 0.368. The van der Waals surface area contributed by atoms with Crippen molar-refractivity contribution in [3.8, 4) is 0 Å². The molecule has 0 aliphatic rings. The Bertz CT molecular complexity index is 823. The normalized spacial score (nSPS) is 11.6. The van der Waals surface area contributed by atoms with Crippen LogP contribution in [0.3, 0.4) is 0 Å². The Hall–Kier alpha value is -1.61. The third kappa shape index (κ3) is 5.44. The molecular formula is C19H25IN4OS. The molecule has 0 bridgehead atoms. The molecule has 5 nitrogen and oxygen atoms in total. The number of thiazole rings is 1. The van der Waals surface area contributed by atoms with Crippen molar-refractivity contribution < 1.29 is 4.42 Å². The van der Waals surface area contributed by atoms with Gasteiger partial charge in [-0.1, -0.05) is 32.0 Å². The van der Waals surface area contributed by atoms with Crippen LogP contribution < -0.4 is 10.6 Å². The van der Waals surface area contributed by atoms with Gasteiger partial charge in [0.2, 0.25) is 0 Å². The largest absolute Gasteiger partial charge is 0.459 e. The van der Waals surface area contributed by atoms with Gasteiger partial charge >= 0.3 is 0 Å². The van der Waals surface area contributed by atoms with Gasteiger partial charge < -0.3 is 15.1 Å². The second-order valence-electron chi connectivity index (χ2n) is 6.12. The Morgan fingerprint density at radius 2 is 2.08 bits per heavy atom. The van der Waals surface area contributed by atoms with E-state index in [1.807, 2.05) is 30.3 Å². The van der Waals surface area contributed by atoms with E-state index in [0.717, 1.165) is 39.9 Å². The van der Waals surface area contributed by atoms with Gasteiger partial charge in [-0.05, 0) is 25.0 Å². The minimum Gasteiger partial charge on any atom is -0.459 e. The first kappa shape index (κ1) is 20.7. The van der Waals surface area contributed by atoms with Gasteiger partial charge in [-0.2, -0.15) is 0 Å². The number of hydrogen-bond donors (Lipinski definition) is 2. The molecule has 140 valence electrons. The van der Waals surface area contributed by atoms with Crippen LogP contribution in [0.25, 0.3) is 11.0 Å². The van der Waals surface area contributed by atoms with Crippen LogP contribution in [0.2, 0.25) is 0 Å². The number of halogens is 1. The molecule has 7 heteroatoms. The van der Waals surface area contributed by atoms with E-state index in [-0.39, 0.29) is 24.0 Å². The molecule has 26 heavy (non-hydrogen) atoms. The molecule has 0 saturated carbocycles. The predicted octanol–water partition coefficient (Wildman–Crippen LogP) is 4.89. The summed E-state index contributed by atoms with van der Waals surface area (Å²) in [5.41, 5.74) is 2.04. The standard InChI is InChI=1S/C19H24N4OS.HI/c1-4-20-19(22-11-18-23-16(12-25-18)13(2)3)21-10-15-9-14-7-5-6-8-17(14)24-15;/h5-9,12-13H,4,10-11H2,1-3H3,(H2,20,21,22);1H. The van der Waals surface area contributed by atoms with Crippen molar-refractivity contribution in [1.29, 1.82) is 0 Å². The monoisotopic (exact) mass is 484 g/mol. The number of benzene rings is 1. The topological polar surface area (TPSA) is 62.5 Å². The number of aliphatic imine (C=N–C) groups is 1. The predicted molar refractivity (Wildman–Crippen MR) is 119 cm³/mol. The molecule has 3 rings (SSSR count). The molecule has 0 unspecified atom stereocenters. The van der Waals surface area contributed by atoms with Gasteiger partial charge in [0.15, 0.2) is 5.96 Å². The lowest BCUT2D eigenvalue weighted by Gasteiger charge is -2.09. The van der Waals surface area contributed by atoms with Crippen LogP contribution >= 0.6 is 35.3 Å². The van der Waals surface area contributed by atoms with Crippen molar-refractivity contribution >= 4 is 52.2 Å². The Balaban J connectivity index is 0.00000243. The summed E-state index contributed by atoms with van der Waals surface area (Å²) in [6.07, 6.45) is 0. The highest BCUT2D eigenvalue weighted by Crippen LogP contribution is 2.19. The molecule has 2 heterocycles. The summed E-state index contributed by atoms with van der Waals surface area (Å²) in [5, 5.41) is 10.9. The van der Waals surface area contributed by atoms with Gasteiger partial charge in [0.05, 0.1) is 12.2 Å². The Morgan fingerprint density at radius 1 is 1.27 bits per heavy atom. The van der Waals surface area contributed by atoms with Crippen molar-refractivity contribution in [2.75, 3.05) is 6.54 Å². The number of para-hydroxylation sites is 1. The van der Waals surface area contributed by atoms with E-state index in [9.17, 15) is 0 Å². The first-order valence-corrected chi connectivity index (χ1v) is 9.47. The molecule has 0 aliphatic heterocycles. The smallest absolute Gasteiger partial charge is 0.192 e. The molecule has 0 saturated heterocycles. The lowest BCUT2D eigenvalue weighted by atomic mass is 10.2. The Morgan fingerprint density at radius 3 is 2.77 bits per heavy atom. The summed E-state index contributed by atoms with van der Waals surface area (Å²) in [5.74, 6) is 2.08. The Kier molecular flexibility index (Phi) is 7.89. The molecule has 0 aliphatic carbocycles. The van der Waals surface area contributed by atoms with Gasteiger partial charge in [0, 0.05) is 17.3 Å². The van der Waals surface area contributed by atoms with Crippen LogP contribution in [0.15, 0.2) is 45.1 Å². The molecule has 2 aromatic heterocycles. The van der Waals surface area contributed by atoms with Gasteiger partial charge in [-0.3, -0.25) is 0 Å². The average molecular weight is 484 g/mol.